The summed E-state index contributed by atoms with van der Waals surface area (Å²) in [4.78, 5) is 2.39. The van der Waals surface area contributed by atoms with Gasteiger partial charge in [0.05, 0.1) is 5.41 Å². The lowest BCUT2D eigenvalue weighted by Crippen LogP contribution is -2.26. The fraction of sp³-hybridized carbons (Fsp3) is 0.0526. The lowest BCUT2D eigenvalue weighted by Gasteiger charge is -2.32. The molecule has 0 saturated carbocycles. The molecule has 59 heavy (non-hydrogen) atoms. The Morgan fingerprint density at radius 2 is 0.797 bits per heavy atom. The van der Waals surface area contributed by atoms with Crippen molar-refractivity contribution in [2.75, 3.05) is 4.90 Å². The van der Waals surface area contributed by atoms with Crippen molar-refractivity contribution in [1.82, 2.24) is 0 Å². The molecule has 2 heteroatoms. The van der Waals surface area contributed by atoms with Crippen LogP contribution in [-0.2, 0) is 10.8 Å². The first-order valence-corrected chi connectivity index (χ1v) is 20.6. The molecule has 10 aromatic rings. The molecule has 0 bridgehead atoms. The number of nitrogens with zero attached hydrogens (tertiary/aromatic N) is 1. The molecular formula is C57H37NO. The van der Waals surface area contributed by atoms with Gasteiger partial charge in [0.1, 0.15) is 11.2 Å². The van der Waals surface area contributed by atoms with Crippen molar-refractivity contribution in [2.45, 2.75) is 17.8 Å². The Morgan fingerprint density at radius 3 is 1.39 bits per heavy atom. The molecule has 3 aliphatic carbocycles. The van der Waals surface area contributed by atoms with E-state index in [1.807, 2.05) is 0 Å². The predicted octanol–water partition coefficient (Wildman–Crippen LogP) is 14.7. The van der Waals surface area contributed by atoms with Gasteiger partial charge in [-0.05, 0) is 110 Å². The van der Waals surface area contributed by atoms with Crippen LogP contribution in [0.5, 0.6) is 0 Å². The van der Waals surface area contributed by atoms with Gasteiger partial charge in [-0.2, -0.15) is 0 Å². The number of furan rings is 1. The highest BCUT2D eigenvalue weighted by Crippen LogP contribution is 2.63. The van der Waals surface area contributed by atoms with Crippen LogP contribution >= 0.6 is 0 Å². The van der Waals surface area contributed by atoms with Crippen LogP contribution in [0.1, 0.15) is 45.9 Å². The quantitative estimate of drug-likeness (QED) is 0.178. The van der Waals surface area contributed by atoms with Crippen LogP contribution in [-0.4, -0.2) is 0 Å². The van der Waals surface area contributed by atoms with Gasteiger partial charge in [0.15, 0.2) is 0 Å². The summed E-state index contributed by atoms with van der Waals surface area (Å²) in [7, 11) is 0. The molecule has 0 amide bonds. The molecule has 0 atom stereocenters. The van der Waals surface area contributed by atoms with Gasteiger partial charge >= 0.3 is 0 Å². The van der Waals surface area contributed by atoms with Crippen LogP contribution in [0.15, 0.2) is 211 Å². The van der Waals surface area contributed by atoms with Gasteiger partial charge in [0, 0.05) is 44.9 Å². The first kappa shape index (κ1) is 32.6. The van der Waals surface area contributed by atoms with Crippen molar-refractivity contribution < 1.29 is 4.42 Å². The van der Waals surface area contributed by atoms with Crippen LogP contribution < -0.4 is 4.90 Å². The standard InChI is InChI=1S/C57H37NO/c1-56(47-24-10-5-18-39(47)40-19-6-11-25-48(40)56)52-29-15-23-46-45-33-31-38(35-54(45)59-55(46)52)58(36-16-3-2-4-17-36)37-30-32-44-43-22-9-14-28-51(43)57(53(44)34-37)49-26-12-7-20-41(49)42-21-8-13-27-50(42)57/h2-35H,1H3. The van der Waals surface area contributed by atoms with E-state index in [0.29, 0.717) is 0 Å². The summed E-state index contributed by atoms with van der Waals surface area (Å²) < 4.78 is 7.10. The maximum Gasteiger partial charge on any atom is 0.139 e. The minimum absolute atomic E-state index is 0.366. The van der Waals surface area contributed by atoms with Gasteiger partial charge in [-0.25, -0.2) is 0 Å². The zero-order valence-electron chi connectivity index (χ0n) is 32.5. The zero-order chi connectivity index (χ0) is 38.9. The third kappa shape index (κ3) is 4.15. The minimum atomic E-state index is -0.426. The molecule has 9 aromatic carbocycles. The van der Waals surface area contributed by atoms with Crippen molar-refractivity contribution in [3.8, 4) is 33.4 Å². The fourth-order valence-electron chi connectivity index (χ4n) is 11.3. The molecule has 3 aliphatic rings. The maximum atomic E-state index is 7.10. The molecule has 0 N–H and O–H groups in total. The summed E-state index contributed by atoms with van der Waals surface area (Å²) in [6, 6.07) is 76.0. The summed E-state index contributed by atoms with van der Waals surface area (Å²) in [6.07, 6.45) is 0. The van der Waals surface area contributed by atoms with Gasteiger partial charge < -0.3 is 9.32 Å². The van der Waals surface area contributed by atoms with Crippen molar-refractivity contribution in [1.29, 1.82) is 0 Å². The molecule has 2 nitrogen and oxygen atoms in total. The average Bonchev–Trinajstić information content (AvgIpc) is 3.99. The largest absolute Gasteiger partial charge is 0.456 e. The highest BCUT2D eigenvalue weighted by atomic mass is 16.3. The lowest BCUT2D eigenvalue weighted by molar-refractivity contribution is 0.638. The Morgan fingerprint density at radius 1 is 0.339 bits per heavy atom. The molecule has 1 spiro atoms. The minimum Gasteiger partial charge on any atom is -0.456 e. The van der Waals surface area contributed by atoms with E-state index in [2.05, 4.69) is 218 Å². The van der Waals surface area contributed by atoms with Gasteiger partial charge in [-0.15, -0.1) is 0 Å². The Kier molecular flexibility index (Phi) is 6.54. The maximum absolute atomic E-state index is 7.10. The number of anilines is 3. The van der Waals surface area contributed by atoms with E-state index >= 15 is 0 Å². The summed E-state index contributed by atoms with van der Waals surface area (Å²) in [5, 5.41) is 2.25. The van der Waals surface area contributed by atoms with Gasteiger partial charge in [-0.1, -0.05) is 164 Å². The average molecular weight is 752 g/mol. The molecule has 0 saturated heterocycles. The van der Waals surface area contributed by atoms with E-state index in [4.69, 9.17) is 4.42 Å². The van der Waals surface area contributed by atoms with Crippen molar-refractivity contribution in [2.24, 2.45) is 0 Å². The first-order chi connectivity index (χ1) is 29.2. The predicted molar refractivity (Wildman–Crippen MR) is 242 cm³/mol. The Hall–Kier alpha value is -7.42. The van der Waals surface area contributed by atoms with Crippen molar-refractivity contribution >= 4 is 39.0 Å². The monoisotopic (exact) mass is 751 g/mol. The van der Waals surface area contributed by atoms with E-state index in [1.54, 1.807) is 0 Å². The Bertz CT molecular complexity index is 3260. The van der Waals surface area contributed by atoms with E-state index in [9.17, 15) is 0 Å². The van der Waals surface area contributed by atoms with Crippen LogP contribution in [0, 0.1) is 0 Å². The number of para-hydroxylation sites is 2. The summed E-state index contributed by atoms with van der Waals surface area (Å²) in [6.45, 7) is 2.36. The molecule has 0 fully saturated rings. The number of rotatable bonds is 4. The number of benzene rings is 9. The summed E-state index contributed by atoms with van der Waals surface area (Å²) in [5.74, 6) is 0. The van der Waals surface area contributed by atoms with E-state index in [-0.39, 0.29) is 5.41 Å². The lowest BCUT2D eigenvalue weighted by atomic mass is 9.70. The molecule has 13 rings (SSSR count). The molecule has 0 unspecified atom stereocenters. The fourth-order valence-corrected chi connectivity index (χ4v) is 11.3. The van der Waals surface area contributed by atoms with Crippen LogP contribution in [0.25, 0.3) is 55.3 Å². The second kappa shape index (κ2) is 11.8. The summed E-state index contributed by atoms with van der Waals surface area (Å²) in [5.41, 5.74) is 21.2. The second-order valence-corrected chi connectivity index (χ2v) is 16.5. The van der Waals surface area contributed by atoms with Gasteiger partial charge in [0.2, 0.25) is 0 Å². The third-order valence-corrected chi connectivity index (χ3v) is 13.8. The molecule has 1 heterocycles. The highest BCUT2D eigenvalue weighted by Gasteiger charge is 2.51. The topological polar surface area (TPSA) is 16.4 Å². The summed E-state index contributed by atoms with van der Waals surface area (Å²) >= 11 is 0. The molecule has 276 valence electrons. The van der Waals surface area contributed by atoms with E-state index < -0.39 is 5.41 Å². The van der Waals surface area contributed by atoms with Crippen molar-refractivity contribution in [3.05, 3.63) is 245 Å². The number of hydrogen-bond acceptors (Lipinski definition) is 2. The van der Waals surface area contributed by atoms with E-state index in [0.717, 1.165) is 39.0 Å². The molecular weight excluding hydrogens is 715 g/mol. The van der Waals surface area contributed by atoms with Gasteiger partial charge in [0.25, 0.3) is 0 Å². The highest BCUT2D eigenvalue weighted by molar-refractivity contribution is 6.08. The van der Waals surface area contributed by atoms with Crippen LogP contribution in [0.2, 0.25) is 0 Å². The molecule has 1 aromatic heterocycles. The van der Waals surface area contributed by atoms with Gasteiger partial charge in [-0.3, -0.25) is 0 Å². The molecule has 0 aliphatic heterocycles. The van der Waals surface area contributed by atoms with E-state index in [1.165, 1.54) is 72.3 Å². The molecule has 0 radical (unpaired) electrons. The Labute approximate surface area is 343 Å². The number of hydrogen-bond donors (Lipinski definition) is 0. The normalized spacial score (nSPS) is 14.5. The smallest absolute Gasteiger partial charge is 0.139 e. The Balaban J connectivity index is 1.02. The third-order valence-electron chi connectivity index (χ3n) is 13.8. The van der Waals surface area contributed by atoms with Crippen molar-refractivity contribution in [3.63, 3.8) is 0 Å². The second-order valence-electron chi connectivity index (χ2n) is 16.5. The SMILES string of the molecule is CC1(c2cccc3c2oc2cc(N(c4ccccc4)c4ccc5c(c4)C4(c6ccccc6-c6ccccc64)c4ccccc4-5)ccc23)c2ccccc2-c2ccccc21. The van der Waals surface area contributed by atoms with Crippen LogP contribution in [0.4, 0.5) is 17.1 Å². The first-order valence-electron chi connectivity index (χ1n) is 20.6. The zero-order valence-corrected chi connectivity index (χ0v) is 32.5. The number of fused-ring (bicyclic) bond motifs is 16. The van der Waals surface area contributed by atoms with Crippen LogP contribution in [0.3, 0.4) is 0 Å².